The zero-order chi connectivity index (χ0) is 48.7. The maximum absolute atomic E-state index is 11.7. The Balaban J connectivity index is 1.14. The number of phenols is 2. The van der Waals surface area contributed by atoms with Crippen molar-refractivity contribution < 1.29 is 39.4 Å². The monoisotopic (exact) mass is 949 g/mol. The van der Waals surface area contributed by atoms with E-state index in [1.54, 1.807) is 13.2 Å². The molecule has 10 rings (SSSR count). The summed E-state index contributed by atoms with van der Waals surface area (Å²) in [5, 5.41) is 56.6. The highest BCUT2D eigenvalue weighted by Crippen LogP contribution is 2.60. The van der Waals surface area contributed by atoms with Crippen LogP contribution in [0.25, 0.3) is 28.1 Å². The van der Waals surface area contributed by atoms with Gasteiger partial charge in [0.2, 0.25) is 0 Å². The van der Waals surface area contributed by atoms with Crippen molar-refractivity contribution in [2.45, 2.75) is 101 Å². The molecule has 368 valence electrons. The summed E-state index contributed by atoms with van der Waals surface area (Å²) in [5.41, 5.74) is 10.1. The van der Waals surface area contributed by atoms with Crippen molar-refractivity contribution in [2.75, 3.05) is 47.3 Å². The van der Waals surface area contributed by atoms with Gasteiger partial charge in [0.1, 0.15) is 29.0 Å². The number of aliphatic hydroxyl groups excluding tert-OH is 1. The fraction of sp³-hybridized carbons (Fsp3) is 0.414. The maximum atomic E-state index is 11.7. The van der Waals surface area contributed by atoms with E-state index in [0.717, 1.165) is 78.0 Å². The average molecular weight is 949 g/mol. The largest absolute Gasteiger partial charge is 0.507 e. The molecule has 3 heterocycles. The Bertz CT molecular complexity index is 2890. The van der Waals surface area contributed by atoms with Crippen molar-refractivity contribution in [2.24, 2.45) is 5.92 Å². The number of hydrogen-bond acceptors (Lipinski definition) is 11. The molecule has 0 saturated heterocycles. The second kappa shape index (κ2) is 19.7. The van der Waals surface area contributed by atoms with Gasteiger partial charge in [-0.25, -0.2) is 0 Å². The predicted molar refractivity (Wildman–Crippen MR) is 274 cm³/mol. The lowest BCUT2D eigenvalue weighted by atomic mass is 9.64. The van der Waals surface area contributed by atoms with Gasteiger partial charge < -0.3 is 55.0 Å². The Kier molecular flexibility index (Phi) is 13.5. The van der Waals surface area contributed by atoms with Gasteiger partial charge in [-0.1, -0.05) is 68.5 Å². The molecule has 0 fully saturated rings. The average Bonchev–Trinajstić information content (AvgIpc) is 3.84. The smallest absolute Gasteiger partial charge is 0.161 e. The summed E-state index contributed by atoms with van der Waals surface area (Å²) >= 11 is 0. The number of allylic oxidation sites excluding steroid dienone is 1. The number of aromatic hydroxyl groups is 2. The minimum Gasteiger partial charge on any atom is -0.507 e. The number of aliphatic hydroxyl groups is 2. The van der Waals surface area contributed by atoms with Gasteiger partial charge in [-0.15, -0.1) is 0 Å². The first kappa shape index (κ1) is 47.8. The van der Waals surface area contributed by atoms with Crippen LogP contribution in [0.5, 0.6) is 28.7 Å². The summed E-state index contributed by atoms with van der Waals surface area (Å²) in [5.74, 6) is 2.48. The second-order valence-corrected chi connectivity index (χ2v) is 20.6. The fourth-order valence-corrected chi connectivity index (χ4v) is 12.0. The molecule has 5 aromatic carbocycles. The van der Waals surface area contributed by atoms with Crippen LogP contribution in [0.2, 0.25) is 0 Å². The quantitative estimate of drug-likeness (QED) is 0.0307. The molecule has 8 N–H and O–H groups in total. The third-order valence-corrected chi connectivity index (χ3v) is 15.1. The number of aromatic nitrogens is 1. The Morgan fingerprint density at radius 2 is 1.77 bits per heavy atom. The maximum Gasteiger partial charge on any atom is 0.161 e. The molecule has 0 saturated carbocycles. The lowest BCUT2D eigenvalue weighted by Gasteiger charge is -2.48. The fourth-order valence-electron chi connectivity index (χ4n) is 12.0. The molecule has 0 unspecified atom stereocenters. The molecule has 12 heteroatoms. The van der Waals surface area contributed by atoms with E-state index in [4.69, 9.17) is 18.9 Å². The van der Waals surface area contributed by atoms with Crippen molar-refractivity contribution in [1.82, 2.24) is 20.9 Å². The predicted octanol–water partition coefficient (Wildman–Crippen LogP) is 8.72. The molecular weight excluding hydrogens is 881 g/mol. The van der Waals surface area contributed by atoms with E-state index in [0.29, 0.717) is 76.4 Å². The molecule has 6 aromatic rings. The number of fused-ring (bicyclic) bond motifs is 8. The Morgan fingerprint density at radius 3 is 2.56 bits per heavy atom. The van der Waals surface area contributed by atoms with Crippen LogP contribution in [-0.4, -0.2) is 90.0 Å². The number of H-pyrrole nitrogens is 1. The van der Waals surface area contributed by atoms with Crippen molar-refractivity contribution in [3.05, 3.63) is 141 Å². The van der Waals surface area contributed by atoms with Crippen molar-refractivity contribution in [1.29, 1.82) is 0 Å². The van der Waals surface area contributed by atoms with E-state index in [2.05, 4.69) is 83.3 Å². The molecule has 6 atom stereocenters. The molecular formula is C58H68N4O8. The van der Waals surface area contributed by atoms with Gasteiger partial charge in [0.05, 0.1) is 26.0 Å². The molecule has 12 nitrogen and oxygen atoms in total. The van der Waals surface area contributed by atoms with Gasteiger partial charge in [0.15, 0.2) is 17.6 Å². The molecule has 2 aliphatic heterocycles. The Labute approximate surface area is 411 Å². The highest BCUT2D eigenvalue weighted by molar-refractivity contribution is 5.89. The summed E-state index contributed by atoms with van der Waals surface area (Å²) < 4.78 is 27.7. The first-order valence-corrected chi connectivity index (χ1v) is 25.0. The number of aryl methyl sites for hydroxylation is 2. The Hall–Kier alpha value is -5.86. The summed E-state index contributed by atoms with van der Waals surface area (Å²) in [6.07, 6.45) is 9.46. The topological polar surface area (TPSA) is 170 Å². The second-order valence-electron chi connectivity index (χ2n) is 20.6. The summed E-state index contributed by atoms with van der Waals surface area (Å²) in [4.78, 5) is 3.35. The molecule has 0 bridgehead atoms. The van der Waals surface area contributed by atoms with E-state index >= 15 is 0 Å². The van der Waals surface area contributed by atoms with Gasteiger partial charge in [-0.3, -0.25) is 5.32 Å². The molecule has 2 aliphatic carbocycles. The highest BCUT2D eigenvalue weighted by Gasteiger charge is 2.51. The minimum atomic E-state index is -1.03. The number of ether oxygens (including phenoxy) is 4. The van der Waals surface area contributed by atoms with Crippen LogP contribution in [0.1, 0.15) is 102 Å². The van der Waals surface area contributed by atoms with Crippen LogP contribution in [0.3, 0.4) is 0 Å². The SMILES string of the molecule is CNCO[C@]1(CNCNC[C@@](C)(O)CC(C)C)Cc2c3c(c4c(c2O[C@@H]1c1cc(CCc2ccccc2)c(O)c(OC)c1)CC[C@@H](CO)O4)-c1ccc(O)c2c1[C@@H](C3)[C@@H](c1ccc3[nH]ccc3c1)C=C2. The highest BCUT2D eigenvalue weighted by atomic mass is 16.6. The molecule has 0 amide bonds. The van der Waals surface area contributed by atoms with Crippen LogP contribution in [0.15, 0.2) is 91.1 Å². The van der Waals surface area contributed by atoms with Gasteiger partial charge >= 0.3 is 0 Å². The van der Waals surface area contributed by atoms with Gasteiger partial charge in [-0.2, -0.15) is 0 Å². The zero-order valence-electron chi connectivity index (χ0n) is 41.0. The molecule has 70 heavy (non-hydrogen) atoms. The van der Waals surface area contributed by atoms with E-state index < -0.39 is 23.4 Å². The number of hydrogen-bond donors (Lipinski definition) is 8. The number of methoxy groups -OCH3 is 1. The summed E-state index contributed by atoms with van der Waals surface area (Å²) in [7, 11) is 3.45. The van der Waals surface area contributed by atoms with Crippen molar-refractivity contribution in [3.8, 4) is 39.9 Å². The lowest BCUT2D eigenvalue weighted by molar-refractivity contribution is -0.129. The number of benzene rings is 5. The van der Waals surface area contributed by atoms with Crippen LogP contribution in [0, 0.1) is 5.92 Å². The summed E-state index contributed by atoms with van der Waals surface area (Å²) in [6, 6.07) is 26.8. The van der Waals surface area contributed by atoms with Gasteiger partial charge in [-0.05, 0) is 145 Å². The molecule has 4 aliphatic rings. The number of rotatable bonds is 18. The summed E-state index contributed by atoms with van der Waals surface area (Å²) in [6.45, 7) is 7.37. The van der Waals surface area contributed by atoms with Crippen LogP contribution < -0.4 is 30.2 Å². The van der Waals surface area contributed by atoms with Crippen LogP contribution >= 0.6 is 0 Å². The van der Waals surface area contributed by atoms with Gasteiger partial charge in [0.25, 0.3) is 0 Å². The normalized spacial score (nSPS) is 21.8. The van der Waals surface area contributed by atoms with E-state index in [-0.39, 0.29) is 36.7 Å². The first-order chi connectivity index (χ1) is 33.9. The minimum absolute atomic E-state index is 0.000242. The zero-order valence-corrected chi connectivity index (χ0v) is 41.0. The van der Waals surface area contributed by atoms with E-state index in [1.165, 1.54) is 5.56 Å². The third-order valence-electron chi connectivity index (χ3n) is 15.1. The number of aromatic amines is 1. The molecule has 1 aromatic heterocycles. The first-order valence-electron chi connectivity index (χ1n) is 25.0. The standard InChI is InChI=1S/C58H68N4O8/c1-34(2)27-57(3,66)30-60-32-61-31-58(68-33-59-4)28-47-46-26-45-41(36-13-19-48-37(23-36)21-22-62-48)16-17-42-49(64)20-18-43(51(42)45)52(46)55-44(15-14-40(29-63)69-55)54(47)70-56(58)39-24-38(53(65)50(25-39)67-5)12-11-35-9-7-6-8-10-35/h6-10,13,16-25,34,40-41,45,56,59-66H,11-12,14-15,26-33H2,1-5H3/t40-,41+,45-,56+,57-,58-/m0/s1. The van der Waals surface area contributed by atoms with E-state index in [1.807, 2.05) is 56.6 Å². The number of phenolic OH excluding ortho intramolecular Hbond substituents is 2. The molecule has 0 spiro atoms. The molecule has 0 radical (unpaired) electrons. The van der Waals surface area contributed by atoms with Crippen molar-refractivity contribution in [3.63, 3.8) is 0 Å². The van der Waals surface area contributed by atoms with E-state index in [9.17, 15) is 20.4 Å². The van der Waals surface area contributed by atoms with Crippen molar-refractivity contribution >= 4 is 17.0 Å². The number of nitrogens with one attached hydrogen (secondary N) is 4. The lowest BCUT2D eigenvalue weighted by Crippen LogP contribution is -2.56. The van der Waals surface area contributed by atoms with Gasteiger partial charge in [0, 0.05) is 66.1 Å². The third kappa shape index (κ3) is 9.06. The Morgan fingerprint density at radius 1 is 0.929 bits per heavy atom. The van der Waals surface area contributed by atoms with Crippen LogP contribution in [0.4, 0.5) is 0 Å². The van der Waals surface area contributed by atoms with Crippen LogP contribution in [-0.2, 0) is 36.8 Å².